The van der Waals surface area contributed by atoms with Crippen LogP contribution in [0.25, 0.3) is 21.9 Å². The number of nitrogens with zero attached hydrogens (tertiary/aromatic N) is 1. The molecule has 4 N–H and O–H groups in total. The number of H-pyrrole nitrogens is 2. The van der Waals surface area contributed by atoms with Crippen LogP contribution in [0.3, 0.4) is 0 Å². The Morgan fingerprint density at radius 2 is 1.69 bits per heavy atom. The first-order valence-electron chi connectivity index (χ1n) is 11.2. The standard InChI is InChI=1S/C27H25N5O3/c1-27(2,3)16-7-6-8-17(15-16)29-25(33)30-20-11-12-21(19-10-5-4-9-18(19)20)35-22-13-14-28-24-23(22)31-26(34)32-24/h4-15H,1-3H3,(H2,29,30,33)(H2,28,31,32,34). The molecule has 0 unspecified atom stereocenters. The molecule has 176 valence electrons. The van der Waals surface area contributed by atoms with Crippen molar-refractivity contribution in [2.75, 3.05) is 10.6 Å². The molecule has 0 aliphatic heterocycles. The highest BCUT2D eigenvalue weighted by Gasteiger charge is 2.15. The van der Waals surface area contributed by atoms with Gasteiger partial charge in [0, 0.05) is 28.7 Å². The number of pyridine rings is 1. The fraction of sp³-hybridized carbons (Fsp3) is 0.148. The van der Waals surface area contributed by atoms with Crippen molar-refractivity contribution in [3.8, 4) is 11.5 Å². The van der Waals surface area contributed by atoms with E-state index in [-0.39, 0.29) is 17.1 Å². The molecule has 2 amide bonds. The highest BCUT2D eigenvalue weighted by Crippen LogP contribution is 2.36. The third-order valence-corrected chi connectivity index (χ3v) is 5.72. The second-order valence-electron chi connectivity index (χ2n) is 9.28. The van der Waals surface area contributed by atoms with Crippen LogP contribution in [0.5, 0.6) is 11.5 Å². The maximum Gasteiger partial charge on any atom is 0.325 e. The summed E-state index contributed by atoms with van der Waals surface area (Å²) in [5, 5.41) is 7.49. The number of anilines is 2. The van der Waals surface area contributed by atoms with Gasteiger partial charge in [0.05, 0.1) is 5.69 Å². The molecule has 35 heavy (non-hydrogen) atoms. The van der Waals surface area contributed by atoms with Crippen LogP contribution in [0.4, 0.5) is 16.2 Å². The molecule has 0 bridgehead atoms. The second-order valence-corrected chi connectivity index (χ2v) is 9.28. The summed E-state index contributed by atoms with van der Waals surface area (Å²) in [4.78, 5) is 34.0. The van der Waals surface area contributed by atoms with Crippen LogP contribution >= 0.6 is 0 Å². The zero-order valence-corrected chi connectivity index (χ0v) is 19.6. The second kappa shape index (κ2) is 8.64. The number of hydrogen-bond donors (Lipinski definition) is 4. The van der Waals surface area contributed by atoms with Gasteiger partial charge in [0.2, 0.25) is 0 Å². The third kappa shape index (κ3) is 4.59. The maximum absolute atomic E-state index is 12.8. The Hall–Kier alpha value is -4.59. The highest BCUT2D eigenvalue weighted by molar-refractivity contribution is 6.07. The van der Waals surface area contributed by atoms with E-state index in [0.29, 0.717) is 28.4 Å². The summed E-state index contributed by atoms with van der Waals surface area (Å²) in [7, 11) is 0. The SMILES string of the molecule is CC(C)(C)c1cccc(NC(=O)Nc2ccc(Oc3ccnc4[nH]c(=O)[nH]c34)c3ccccc23)c1. The molecule has 5 aromatic rings. The summed E-state index contributed by atoms with van der Waals surface area (Å²) in [5.41, 5.74) is 3.04. The lowest BCUT2D eigenvalue weighted by atomic mass is 9.87. The molecule has 0 atom stereocenters. The molecular weight excluding hydrogens is 442 g/mol. The number of carbonyl (C=O) groups excluding carboxylic acids is 1. The number of aromatic amines is 2. The monoisotopic (exact) mass is 467 g/mol. The Morgan fingerprint density at radius 1 is 0.886 bits per heavy atom. The Balaban J connectivity index is 1.42. The van der Waals surface area contributed by atoms with Gasteiger partial charge in [-0.15, -0.1) is 0 Å². The van der Waals surface area contributed by atoms with Crippen LogP contribution in [0.1, 0.15) is 26.3 Å². The molecule has 2 heterocycles. The van der Waals surface area contributed by atoms with Crippen molar-refractivity contribution < 1.29 is 9.53 Å². The smallest absolute Gasteiger partial charge is 0.325 e. The quantitative estimate of drug-likeness (QED) is 0.254. The predicted octanol–water partition coefficient (Wildman–Crippen LogP) is 6.14. The molecule has 0 aliphatic carbocycles. The van der Waals surface area contributed by atoms with Gasteiger partial charge in [0.25, 0.3) is 0 Å². The van der Waals surface area contributed by atoms with E-state index in [1.807, 2.05) is 42.5 Å². The summed E-state index contributed by atoms with van der Waals surface area (Å²) in [5.74, 6) is 1.05. The number of benzene rings is 3. The van der Waals surface area contributed by atoms with Crippen molar-refractivity contribution in [1.29, 1.82) is 0 Å². The maximum atomic E-state index is 12.8. The minimum atomic E-state index is -0.355. The minimum Gasteiger partial charge on any atom is -0.454 e. The normalized spacial score (nSPS) is 11.5. The number of amides is 2. The molecular formula is C27H25N5O3. The molecule has 5 rings (SSSR count). The summed E-state index contributed by atoms with van der Waals surface area (Å²) in [6.07, 6.45) is 1.57. The van der Waals surface area contributed by atoms with E-state index in [2.05, 4.69) is 52.4 Å². The fourth-order valence-corrected chi connectivity index (χ4v) is 3.93. The van der Waals surface area contributed by atoms with Gasteiger partial charge >= 0.3 is 11.7 Å². The van der Waals surface area contributed by atoms with Crippen molar-refractivity contribution >= 4 is 39.3 Å². The number of carbonyl (C=O) groups is 1. The fourth-order valence-electron chi connectivity index (χ4n) is 3.93. The van der Waals surface area contributed by atoms with Crippen LogP contribution in [-0.2, 0) is 5.41 Å². The number of aromatic nitrogens is 3. The topological polar surface area (TPSA) is 112 Å². The van der Waals surface area contributed by atoms with Gasteiger partial charge < -0.3 is 20.4 Å². The van der Waals surface area contributed by atoms with Gasteiger partial charge in [-0.1, -0.05) is 57.2 Å². The number of nitrogens with one attached hydrogen (secondary N) is 4. The number of imidazole rings is 1. The van der Waals surface area contributed by atoms with E-state index in [0.717, 1.165) is 22.0 Å². The zero-order valence-electron chi connectivity index (χ0n) is 19.6. The number of hydrogen-bond acceptors (Lipinski definition) is 4. The summed E-state index contributed by atoms with van der Waals surface area (Å²) >= 11 is 0. The van der Waals surface area contributed by atoms with E-state index in [4.69, 9.17) is 4.74 Å². The van der Waals surface area contributed by atoms with Gasteiger partial charge in [-0.3, -0.25) is 4.98 Å². The van der Waals surface area contributed by atoms with Crippen LogP contribution in [0.15, 0.2) is 77.7 Å². The number of fused-ring (bicyclic) bond motifs is 2. The average Bonchev–Trinajstić information content (AvgIpc) is 3.21. The molecule has 8 heteroatoms. The van der Waals surface area contributed by atoms with E-state index in [1.54, 1.807) is 24.4 Å². The minimum absolute atomic E-state index is 0.0198. The van der Waals surface area contributed by atoms with Crippen molar-refractivity contribution in [2.24, 2.45) is 0 Å². The average molecular weight is 468 g/mol. The first kappa shape index (κ1) is 22.2. The van der Waals surface area contributed by atoms with Crippen molar-refractivity contribution in [3.05, 3.63) is 89.0 Å². The van der Waals surface area contributed by atoms with Crippen LogP contribution < -0.4 is 21.1 Å². The predicted molar refractivity (Wildman–Crippen MR) is 139 cm³/mol. The molecule has 0 spiro atoms. The van der Waals surface area contributed by atoms with E-state index < -0.39 is 0 Å². The lowest BCUT2D eigenvalue weighted by molar-refractivity contribution is 0.262. The van der Waals surface area contributed by atoms with Gasteiger partial charge in [-0.2, -0.15) is 0 Å². The molecule has 0 radical (unpaired) electrons. The molecule has 0 saturated carbocycles. The van der Waals surface area contributed by atoms with Crippen LogP contribution in [-0.4, -0.2) is 21.0 Å². The molecule has 0 aliphatic rings. The first-order chi connectivity index (χ1) is 16.8. The van der Waals surface area contributed by atoms with Gasteiger partial charge in [0.1, 0.15) is 11.3 Å². The van der Waals surface area contributed by atoms with Crippen molar-refractivity contribution in [1.82, 2.24) is 15.0 Å². The third-order valence-electron chi connectivity index (χ3n) is 5.72. The van der Waals surface area contributed by atoms with Gasteiger partial charge in [-0.05, 0) is 35.2 Å². The Labute approximate surface area is 201 Å². The number of ether oxygens (including phenoxy) is 1. The number of urea groups is 1. The van der Waals surface area contributed by atoms with Crippen LogP contribution in [0.2, 0.25) is 0 Å². The lowest BCUT2D eigenvalue weighted by Gasteiger charge is -2.20. The lowest BCUT2D eigenvalue weighted by Crippen LogP contribution is -2.20. The Bertz CT molecular complexity index is 1610. The Morgan fingerprint density at radius 3 is 2.49 bits per heavy atom. The van der Waals surface area contributed by atoms with Crippen LogP contribution in [0, 0.1) is 0 Å². The summed E-state index contributed by atoms with van der Waals surface area (Å²) in [6, 6.07) is 20.4. The van der Waals surface area contributed by atoms with E-state index in [1.165, 1.54) is 0 Å². The first-order valence-corrected chi connectivity index (χ1v) is 11.2. The highest BCUT2D eigenvalue weighted by atomic mass is 16.5. The molecule has 0 saturated heterocycles. The summed E-state index contributed by atoms with van der Waals surface area (Å²) in [6.45, 7) is 6.39. The van der Waals surface area contributed by atoms with Gasteiger partial charge in [-0.25, -0.2) is 14.6 Å². The Kier molecular flexibility index (Phi) is 5.49. The molecule has 8 nitrogen and oxygen atoms in total. The van der Waals surface area contributed by atoms with E-state index in [9.17, 15) is 9.59 Å². The van der Waals surface area contributed by atoms with Crippen molar-refractivity contribution in [3.63, 3.8) is 0 Å². The van der Waals surface area contributed by atoms with Crippen molar-refractivity contribution in [2.45, 2.75) is 26.2 Å². The molecule has 2 aromatic heterocycles. The zero-order chi connectivity index (χ0) is 24.6. The molecule has 3 aromatic carbocycles. The van der Waals surface area contributed by atoms with E-state index >= 15 is 0 Å². The largest absolute Gasteiger partial charge is 0.454 e. The number of rotatable bonds is 4. The molecule has 0 fully saturated rings. The van der Waals surface area contributed by atoms with Gasteiger partial charge in [0.15, 0.2) is 11.4 Å². The summed E-state index contributed by atoms with van der Waals surface area (Å²) < 4.78 is 6.16.